The summed E-state index contributed by atoms with van der Waals surface area (Å²) in [6.45, 7) is 2.13. The average Bonchev–Trinajstić information content (AvgIpc) is 2.84. The Kier molecular flexibility index (Phi) is 5.63. The van der Waals surface area contributed by atoms with Gasteiger partial charge in [-0.3, -0.25) is 9.59 Å². The maximum Gasteiger partial charge on any atom is 0.224 e. The van der Waals surface area contributed by atoms with E-state index in [2.05, 4.69) is 12.2 Å². The van der Waals surface area contributed by atoms with Crippen molar-refractivity contribution in [1.29, 1.82) is 0 Å². The van der Waals surface area contributed by atoms with E-state index in [1.165, 1.54) is 0 Å². The minimum atomic E-state index is -0.589. The monoisotopic (exact) mass is 254 g/mol. The molecule has 1 aliphatic rings. The molecule has 1 atom stereocenters. The van der Waals surface area contributed by atoms with Gasteiger partial charge in [0, 0.05) is 7.05 Å². The van der Waals surface area contributed by atoms with Crippen LogP contribution in [0.4, 0.5) is 0 Å². The van der Waals surface area contributed by atoms with Crippen LogP contribution in [0.1, 0.15) is 58.3 Å². The maximum absolute atomic E-state index is 12.1. The summed E-state index contributed by atoms with van der Waals surface area (Å²) in [5, 5.41) is 2.70. The molecule has 1 fully saturated rings. The van der Waals surface area contributed by atoms with Crippen LogP contribution in [0.2, 0.25) is 0 Å². The highest BCUT2D eigenvalue weighted by atomic mass is 16.2. The minimum Gasteiger partial charge on any atom is -0.369 e. The smallest absolute Gasteiger partial charge is 0.224 e. The van der Waals surface area contributed by atoms with Crippen LogP contribution in [0.5, 0.6) is 0 Å². The Bertz CT molecular complexity index is 296. The highest BCUT2D eigenvalue weighted by Crippen LogP contribution is 2.46. The number of hydrogen-bond donors (Lipinski definition) is 2. The van der Waals surface area contributed by atoms with Gasteiger partial charge < -0.3 is 11.1 Å². The normalized spacial score (nSPS) is 19.4. The van der Waals surface area contributed by atoms with Crippen molar-refractivity contribution in [3.63, 3.8) is 0 Å². The summed E-state index contributed by atoms with van der Waals surface area (Å²) in [5.74, 6) is -0.550. The Labute approximate surface area is 110 Å². The lowest BCUT2D eigenvalue weighted by Gasteiger charge is -2.33. The molecule has 104 valence electrons. The van der Waals surface area contributed by atoms with E-state index in [1.807, 2.05) is 0 Å². The molecule has 3 N–H and O–H groups in total. The molecule has 1 saturated carbocycles. The van der Waals surface area contributed by atoms with E-state index in [4.69, 9.17) is 5.73 Å². The third-order valence-corrected chi connectivity index (χ3v) is 4.31. The summed E-state index contributed by atoms with van der Waals surface area (Å²) >= 11 is 0. The number of hydrogen-bond acceptors (Lipinski definition) is 2. The molecule has 0 unspecified atom stereocenters. The molecule has 0 aromatic rings. The number of carbonyl (C=O) groups is 2. The Morgan fingerprint density at radius 2 is 1.89 bits per heavy atom. The van der Waals surface area contributed by atoms with Gasteiger partial charge in [0.2, 0.25) is 11.8 Å². The fourth-order valence-electron chi connectivity index (χ4n) is 3.20. The van der Waals surface area contributed by atoms with E-state index in [0.29, 0.717) is 0 Å². The van der Waals surface area contributed by atoms with Crippen molar-refractivity contribution in [2.75, 3.05) is 7.05 Å². The lowest BCUT2D eigenvalue weighted by Crippen LogP contribution is -2.47. The van der Waals surface area contributed by atoms with Gasteiger partial charge in [-0.1, -0.05) is 39.0 Å². The van der Waals surface area contributed by atoms with Crippen molar-refractivity contribution in [2.45, 2.75) is 58.3 Å². The Morgan fingerprint density at radius 1 is 1.28 bits per heavy atom. The molecule has 1 aliphatic carbocycles. The Morgan fingerprint density at radius 3 is 2.33 bits per heavy atom. The van der Waals surface area contributed by atoms with E-state index in [1.54, 1.807) is 7.05 Å². The fourth-order valence-corrected chi connectivity index (χ4v) is 3.20. The molecule has 0 bridgehead atoms. The van der Waals surface area contributed by atoms with Crippen LogP contribution < -0.4 is 11.1 Å². The first-order valence-electron chi connectivity index (χ1n) is 7.10. The second-order valence-corrected chi connectivity index (χ2v) is 5.39. The van der Waals surface area contributed by atoms with Crippen molar-refractivity contribution in [2.24, 2.45) is 17.1 Å². The van der Waals surface area contributed by atoms with Crippen molar-refractivity contribution < 1.29 is 9.59 Å². The molecule has 0 saturated heterocycles. The van der Waals surface area contributed by atoms with Gasteiger partial charge in [0.1, 0.15) is 0 Å². The third-order valence-electron chi connectivity index (χ3n) is 4.31. The molecule has 0 spiro atoms. The van der Waals surface area contributed by atoms with E-state index in [9.17, 15) is 9.59 Å². The molecule has 18 heavy (non-hydrogen) atoms. The van der Waals surface area contributed by atoms with Gasteiger partial charge in [-0.15, -0.1) is 0 Å². The number of primary amides is 1. The summed E-state index contributed by atoms with van der Waals surface area (Å²) in [7, 11) is 1.64. The van der Waals surface area contributed by atoms with Crippen LogP contribution in [-0.2, 0) is 9.59 Å². The summed E-state index contributed by atoms with van der Waals surface area (Å²) in [6.07, 6.45) is 7.53. The zero-order chi connectivity index (χ0) is 13.6. The predicted octanol–water partition coefficient (Wildman–Crippen LogP) is 1.97. The average molecular weight is 254 g/mol. The third kappa shape index (κ3) is 3.03. The van der Waals surface area contributed by atoms with Gasteiger partial charge in [-0.25, -0.2) is 0 Å². The topological polar surface area (TPSA) is 72.2 Å². The molecular weight excluding hydrogens is 228 g/mol. The number of nitrogens with two attached hydrogens (primary N) is 1. The van der Waals surface area contributed by atoms with E-state index < -0.39 is 5.41 Å². The number of nitrogens with one attached hydrogen (secondary N) is 1. The maximum atomic E-state index is 12.1. The van der Waals surface area contributed by atoms with Crippen LogP contribution in [0.25, 0.3) is 0 Å². The van der Waals surface area contributed by atoms with E-state index in [-0.39, 0.29) is 17.7 Å². The van der Waals surface area contributed by atoms with E-state index >= 15 is 0 Å². The molecule has 0 aromatic carbocycles. The van der Waals surface area contributed by atoms with Crippen molar-refractivity contribution in [3.8, 4) is 0 Å². The van der Waals surface area contributed by atoms with Crippen molar-refractivity contribution in [1.82, 2.24) is 5.32 Å². The first kappa shape index (κ1) is 15.0. The highest BCUT2D eigenvalue weighted by molar-refractivity contribution is 5.90. The van der Waals surface area contributed by atoms with Gasteiger partial charge in [-0.2, -0.15) is 0 Å². The molecule has 0 heterocycles. The van der Waals surface area contributed by atoms with Crippen LogP contribution >= 0.6 is 0 Å². The van der Waals surface area contributed by atoms with E-state index in [0.717, 1.165) is 51.4 Å². The van der Waals surface area contributed by atoms with Crippen LogP contribution in [0.15, 0.2) is 0 Å². The summed E-state index contributed by atoms with van der Waals surface area (Å²) < 4.78 is 0. The van der Waals surface area contributed by atoms with Crippen LogP contribution in [0, 0.1) is 11.3 Å². The van der Waals surface area contributed by atoms with Gasteiger partial charge in [-0.05, 0) is 19.3 Å². The molecule has 2 amide bonds. The molecule has 0 radical (unpaired) electrons. The van der Waals surface area contributed by atoms with Crippen molar-refractivity contribution >= 4 is 11.8 Å². The van der Waals surface area contributed by atoms with Gasteiger partial charge >= 0.3 is 0 Å². The summed E-state index contributed by atoms with van der Waals surface area (Å²) in [5.41, 5.74) is 5.02. The standard InChI is InChI=1S/C14H26N2O2/c1-3-4-5-8-11(12(17)16-2)14(13(15)18)9-6-7-10-14/h11H,3-10H2,1-2H3,(H2,15,18)(H,16,17)/t11-/m0/s1. The highest BCUT2D eigenvalue weighted by Gasteiger charge is 2.48. The number of amides is 2. The first-order chi connectivity index (χ1) is 8.58. The van der Waals surface area contributed by atoms with Crippen LogP contribution in [0.3, 0.4) is 0 Å². The second kappa shape index (κ2) is 6.76. The Hall–Kier alpha value is -1.06. The molecule has 0 aromatic heterocycles. The molecule has 0 aliphatic heterocycles. The fraction of sp³-hybridized carbons (Fsp3) is 0.857. The lowest BCUT2D eigenvalue weighted by atomic mass is 9.70. The molecule has 1 rings (SSSR count). The number of carbonyl (C=O) groups excluding carboxylic acids is 2. The van der Waals surface area contributed by atoms with Gasteiger partial charge in [0.05, 0.1) is 11.3 Å². The predicted molar refractivity (Wildman–Crippen MR) is 71.8 cm³/mol. The van der Waals surface area contributed by atoms with Crippen molar-refractivity contribution in [3.05, 3.63) is 0 Å². The van der Waals surface area contributed by atoms with Crippen LogP contribution in [-0.4, -0.2) is 18.9 Å². The second-order valence-electron chi connectivity index (χ2n) is 5.39. The first-order valence-corrected chi connectivity index (χ1v) is 7.10. The summed E-state index contributed by atoms with van der Waals surface area (Å²) in [6, 6.07) is 0. The zero-order valence-corrected chi connectivity index (χ0v) is 11.6. The number of rotatable bonds is 7. The van der Waals surface area contributed by atoms with Gasteiger partial charge in [0.15, 0.2) is 0 Å². The quantitative estimate of drug-likeness (QED) is 0.682. The summed E-state index contributed by atoms with van der Waals surface area (Å²) in [4.78, 5) is 23.9. The lowest BCUT2D eigenvalue weighted by molar-refractivity contribution is -0.140. The molecular formula is C14H26N2O2. The Balaban J connectivity index is 2.84. The number of unbranched alkanes of at least 4 members (excludes halogenated alkanes) is 2. The largest absolute Gasteiger partial charge is 0.369 e. The molecule has 4 heteroatoms. The zero-order valence-electron chi connectivity index (χ0n) is 11.6. The van der Waals surface area contributed by atoms with Gasteiger partial charge in [0.25, 0.3) is 0 Å². The SMILES string of the molecule is CCCCC[C@@H](C(=O)NC)C1(C(N)=O)CCCC1. The minimum absolute atomic E-state index is 0.0215. The molecule has 4 nitrogen and oxygen atoms in total.